The molecule has 0 saturated carbocycles. The topological polar surface area (TPSA) is 73.2 Å². The highest BCUT2D eigenvalue weighted by atomic mass is 32.1. The fourth-order valence-electron chi connectivity index (χ4n) is 3.96. The fraction of sp³-hybridized carbons (Fsp3) is 0.381. The number of ether oxygens (including phenoxy) is 1. The van der Waals surface area contributed by atoms with Gasteiger partial charge in [0.1, 0.15) is 11.4 Å². The molecule has 7 heteroatoms. The molecule has 1 N–H and O–H groups in total. The molecule has 0 atom stereocenters. The van der Waals surface area contributed by atoms with Gasteiger partial charge >= 0.3 is 0 Å². The first-order valence-corrected chi connectivity index (χ1v) is 10.3. The van der Waals surface area contributed by atoms with E-state index in [9.17, 15) is 9.59 Å². The molecular weight excluding hydrogens is 374 g/mol. The van der Waals surface area contributed by atoms with E-state index in [0.29, 0.717) is 30.0 Å². The quantitative estimate of drug-likeness (QED) is 0.718. The van der Waals surface area contributed by atoms with Crippen molar-refractivity contribution in [2.24, 2.45) is 0 Å². The Balaban J connectivity index is 1.51. The van der Waals surface area contributed by atoms with Crippen LogP contribution in [0.1, 0.15) is 24.0 Å². The molecule has 146 valence electrons. The zero-order valence-electron chi connectivity index (χ0n) is 15.8. The van der Waals surface area contributed by atoms with E-state index < -0.39 is 0 Å². The summed E-state index contributed by atoms with van der Waals surface area (Å²) in [6.07, 6.45) is 3.17. The first-order valence-electron chi connectivity index (χ1n) is 9.42. The second kappa shape index (κ2) is 7.85. The Hall–Kier alpha value is -2.51. The number of nitrogens with one attached hydrogen (secondary N) is 1. The van der Waals surface area contributed by atoms with Crippen molar-refractivity contribution in [1.82, 2.24) is 14.9 Å². The van der Waals surface area contributed by atoms with Crippen LogP contribution in [0.15, 0.2) is 46.8 Å². The number of aromatic nitrogens is 2. The maximum Gasteiger partial charge on any atom is 0.262 e. The third-order valence-electron chi connectivity index (χ3n) is 5.55. The lowest BCUT2D eigenvalue weighted by atomic mass is 9.72. The molecule has 1 aliphatic heterocycles. The van der Waals surface area contributed by atoms with Crippen molar-refractivity contribution in [2.45, 2.75) is 31.7 Å². The van der Waals surface area contributed by atoms with Crippen LogP contribution in [-0.2, 0) is 21.5 Å². The summed E-state index contributed by atoms with van der Waals surface area (Å²) in [6, 6.07) is 10.1. The molecule has 3 heterocycles. The van der Waals surface area contributed by atoms with E-state index in [2.05, 4.69) is 29.4 Å². The predicted octanol–water partition coefficient (Wildman–Crippen LogP) is 2.63. The molecular formula is C21H23N3O3S. The summed E-state index contributed by atoms with van der Waals surface area (Å²) in [4.78, 5) is 30.1. The minimum atomic E-state index is -0.182. The zero-order valence-corrected chi connectivity index (χ0v) is 16.6. The van der Waals surface area contributed by atoms with Crippen molar-refractivity contribution >= 4 is 27.5 Å². The van der Waals surface area contributed by atoms with E-state index in [1.54, 1.807) is 6.07 Å². The molecule has 1 amide bonds. The van der Waals surface area contributed by atoms with Crippen molar-refractivity contribution in [3.63, 3.8) is 0 Å². The van der Waals surface area contributed by atoms with E-state index in [-0.39, 0.29) is 23.4 Å². The minimum Gasteiger partial charge on any atom is -0.381 e. The molecule has 4 rings (SSSR count). The molecule has 1 aromatic carbocycles. The number of carbonyl (C=O) groups excluding carboxylic acids is 1. The lowest BCUT2D eigenvalue weighted by Crippen LogP contribution is -2.46. The molecule has 28 heavy (non-hydrogen) atoms. The number of benzene rings is 1. The summed E-state index contributed by atoms with van der Waals surface area (Å²) in [5.41, 5.74) is 2.17. The lowest BCUT2D eigenvalue weighted by molar-refractivity contribution is -0.122. The standard InChI is InChI=1S/C21H23N3O3S/c1-15-4-2-3-5-17(15)21(7-9-27-10-8-21)13-22-18(25)12-24-14-23-19-16(20(24)26)6-11-28-19/h2-6,11,14H,7-10,12-13H2,1H3,(H,22,25). The van der Waals surface area contributed by atoms with Gasteiger partial charge in [-0.1, -0.05) is 24.3 Å². The van der Waals surface area contributed by atoms with Crippen LogP contribution in [0.3, 0.4) is 0 Å². The van der Waals surface area contributed by atoms with E-state index in [1.165, 1.54) is 33.4 Å². The Morgan fingerprint density at radius 1 is 1.29 bits per heavy atom. The summed E-state index contributed by atoms with van der Waals surface area (Å²) < 4.78 is 6.94. The van der Waals surface area contributed by atoms with E-state index in [1.807, 2.05) is 17.5 Å². The minimum absolute atomic E-state index is 0.0298. The van der Waals surface area contributed by atoms with Crippen LogP contribution in [-0.4, -0.2) is 35.2 Å². The highest BCUT2D eigenvalue weighted by Crippen LogP contribution is 2.36. The number of rotatable bonds is 5. The van der Waals surface area contributed by atoms with Crippen LogP contribution < -0.4 is 10.9 Å². The van der Waals surface area contributed by atoms with Gasteiger partial charge in [-0.15, -0.1) is 11.3 Å². The van der Waals surface area contributed by atoms with Gasteiger partial charge in [0.25, 0.3) is 5.56 Å². The second-order valence-corrected chi connectivity index (χ2v) is 8.20. The molecule has 0 radical (unpaired) electrons. The summed E-state index contributed by atoms with van der Waals surface area (Å²) in [5, 5.41) is 5.45. The van der Waals surface area contributed by atoms with Crippen molar-refractivity contribution < 1.29 is 9.53 Å². The predicted molar refractivity (Wildman–Crippen MR) is 110 cm³/mol. The zero-order chi connectivity index (χ0) is 19.6. The molecule has 1 fully saturated rings. The molecule has 3 aromatic rings. The van der Waals surface area contributed by atoms with Gasteiger partial charge in [-0.3, -0.25) is 14.2 Å². The normalized spacial score (nSPS) is 16.2. The fourth-order valence-corrected chi connectivity index (χ4v) is 4.68. The average Bonchev–Trinajstić information content (AvgIpc) is 3.19. The SMILES string of the molecule is Cc1ccccc1C1(CNC(=O)Cn2cnc3sccc3c2=O)CCOCC1. The van der Waals surface area contributed by atoms with Gasteiger partial charge in [-0.05, 0) is 42.3 Å². The van der Waals surface area contributed by atoms with Crippen molar-refractivity contribution in [3.05, 3.63) is 63.5 Å². The smallest absolute Gasteiger partial charge is 0.262 e. The summed E-state index contributed by atoms with van der Waals surface area (Å²) >= 11 is 1.42. The van der Waals surface area contributed by atoms with Gasteiger partial charge in [0.15, 0.2) is 0 Å². The van der Waals surface area contributed by atoms with Crippen LogP contribution in [0, 0.1) is 6.92 Å². The van der Waals surface area contributed by atoms with Crippen LogP contribution in [0.25, 0.3) is 10.2 Å². The summed E-state index contributed by atoms with van der Waals surface area (Å²) in [7, 11) is 0. The number of amides is 1. The van der Waals surface area contributed by atoms with Gasteiger partial charge in [-0.2, -0.15) is 0 Å². The molecule has 1 aliphatic rings. The van der Waals surface area contributed by atoms with E-state index in [4.69, 9.17) is 4.74 Å². The van der Waals surface area contributed by atoms with Crippen molar-refractivity contribution in [2.75, 3.05) is 19.8 Å². The number of carbonyl (C=O) groups is 1. The molecule has 6 nitrogen and oxygen atoms in total. The number of nitrogens with zero attached hydrogens (tertiary/aromatic N) is 2. The Labute approximate surface area is 167 Å². The van der Waals surface area contributed by atoms with Crippen molar-refractivity contribution in [1.29, 1.82) is 0 Å². The Morgan fingerprint density at radius 3 is 2.86 bits per heavy atom. The maximum absolute atomic E-state index is 12.6. The number of thiophene rings is 1. The molecule has 2 aromatic heterocycles. The maximum atomic E-state index is 12.6. The van der Waals surface area contributed by atoms with Crippen LogP contribution in [0.5, 0.6) is 0 Å². The number of aryl methyl sites for hydroxylation is 1. The summed E-state index contributed by atoms with van der Waals surface area (Å²) in [5.74, 6) is -0.182. The second-order valence-electron chi connectivity index (χ2n) is 7.30. The van der Waals surface area contributed by atoms with Gasteiger partial charge in [0.2, 0.25) is 5.91 Å². The molecule has 0 bridgehead atoms. The summed E-state index contributed by atoms with van der Waals surface area (Å²) in [6.45, 7) is 3.97. The van der Waals surface area contributed by atoms with Gasteiger partial charge < -0.3 is 10.1 Å². The third-order valence-corrected chi connectivity index (χ3v) is 6.38. The monoisotopic (exact) mass is 397 g/mol. The Kier molecular flexibility index (Phi) is 5.28. The van der Waals surface area contributed by atoms with Crippen LogP contribution >= 0.6 is 11.3 Å². The highest BCUT2D eigenvalue weighted by Gasteiger charge is 2.35. The number of hydrogen-bond donors (Lipinski definition) is 1. The third kappa shape index (κ3) is 3.59. The Morgan fingerprint density at radius 2 is 2.07 bits per heavy atom. The van der Waals surface area contributed by atoms with Gasteiger partial charge in [0.05, 0.1) is 11.7 Å². The molecule has 0 aliphatic carbocycles. The van der Waals surface area contributed by atoms with Gasteiger partial charge in [0, 0.05) is 25.2 Å². The number of fused-ring (bicyclic) bond motifs is 1. The average molecular weight is 398 g/mol. The molecule has 0 unspecified atom stereocenters. The first-order chi connectivity index (χ1) is 13.6. The van der Waals surface area contributed by atoms with Gasteiger partial charge in [-0.25, -0.2) is 4.98 Å². The first kappa shape index (κ1) is 18.8. The highest BCUT2D eigenvalue weighted by molar-refractivity contribution is 7.16. The van der Waals surface area contributed by atoms with E-state index in [0.717, 1.165) is 12.8 Å². The molecule has 0 spiro atoms. The van der Waals surface area contributed by atoms with E-state index >= 15 is 0 Å². The molecule has 1 saturated heterocycles. The largest absolute Gasteiger partial charge is 0.381 e. The van der Waals surface area contributed by atoms with Crippen LogP contribution in [0.4, 0.5) is 0 Å². The number of hydrogen-bond acceptors (Lipinski definition) is 5. The van der Waals surface area contributed by atoms with Crippen LogP contribution in [0.2, 0.25) is 0 Å². The Bertz CT molecular complexity index is 1050. The lowest BCUT2D eigenvalue weighted by Gasteiger charge is -2.39. The van der Waals surface area contributed by atoms with Crippen molar-refractivity contribution in [3.8, 4) is 0 Å².